The minimum atomic E-state index is -0.869. The third-order valence-electron chi connectivity index (χ3n) is 2.44. The van der Waals surface area contributed by atoms with Gasteiger partial charge in [0.2, 0.25) is 0 Å². The summed E-state index contributed by atoms with van der Waals surface area (Å²) in [6.45, 7) is 3.49. The minimum absolute atomic E-state index is 0.425. The Morgan fingerprint density at radius 1 is 1.60 bits per heavy atom. The van der Waals surface area contributed by atoms with Crippen LogP contribution in [0.25, 0.3) is 0 Å². The van der Waals surface area contributed by atoms with Gasteiger partial charge < -0.3 is 9.84 Å². The van der Waals surface area contributed by atoms with Crippen LogP contribution in [0.2, 0.25) is 0 Å². The molecule has 1 aromatic heterocycles. The molecule has 0 aliphatic rings. The van der Waals surface area contributed by atoms with Gasteiger partial charge in [0.15, 0.2) is 0 Å². The minimum Gasteiger partial charge on any atom is -0.469 e. The van der Waals surface area contributed by atoms with Crippen molar-refractivity contribution >= 4 is 5.97 Å². The van der Waals surface area contributed by atoms with Crippen molar-refractivity contribution in [2.24, 2.45) is 5.92 Å². The number of hydrogen-bond acceptors (Lipinski definition) is 4. The monoisotopic (exact) mass is 209 g/mol. The van der Waals surface area contributed by atoms with Gasteiger partial charge in [-0.1, -0.05) is 0 Å². The summed E-state index contributed by atoms with van der Waals surface area (Å²) < 4.78 is 4.58. The molecule has 4 nitrogen and oxygen atoms in total. The summed E-state index contributed by atoms with van der Waals surface area (Å²) in [4.78, 5) is 15.2. The molecule has 1 aromatic rings. The molecule has 0 saturated carbocycles. The Hall–Kier alpha value is -1.42. The molecule has 0 amide bonds. The molecule has 1 rings (SSSR count). The van der Waals surface area contributed by atoms with Crippen molar-refractivity contribution < 1.29 is 14.6 Å². The molecule has 1 heterocycles. The molecule has 0 saturated heterocycles. The number of methoxy groups -OCH3 is 1. The summed E-state index contributed by atoms with van der Waals surface area (Å²) >= 11 is 0. The summed E-state index contributed by atoms with van der Waals surface area (Å²) in [6.07, 6.45) is 2.35. The fraction of sp³-hybridized carbons (Fsp3) is 0.455. The first-order chi connectivity index (χ1) is 7.07. The van der Waals surface area contributed by atoms with Crippen LogP contribution in [-0.2, 0) is 9.53 Å². The first kappa shape index (κ1) is 11.7. The van der Waals surface area contributed by atoms with E-state index in [1.165, 1.54) is 7.11 Å². The zero-order valence-corrected chi connectivity index (χ0v) is 9.10. The maximum absolute atomic E-state index is 11.2. The van der Waals surface area contributed by atoms with Crippen LogP contribution >= 0.6 is 0 Å². The predicted octanol–water partition coefficient (Wildman–Crippen LogP) is 1.23. The van der Waals surface area contributed by atoms with Crippen LogP contribution in [0.15, 0.2) is 18.5 Å². The molecule has 0 spiro atoms. The van der Waals surface area contributed by atoms with Crippen LogP contribution < -0.4 is 0 Å². The average Bonchev–Trinajstić information content (AvgIpc) is 2.26. The van der Waals surface area contributed by atoms with Gasteiger partial charge in [-0.05, 0) is 25.5 Å². The number of aromatic nitrogens is 1. The maximum Gasteiger partial charge on any atom is 0.311 e. The lowest BCUT2D eigenvalue weighted by Crippen LogP contribution is -2.21. The average molecular weight is 209 g/mol. The SMILES string of the molecule is COC(=O)C(C)C(O)c1cnccc1C. The molecule has 0 radical (unpaired) electrons. The third-order valence-corrected chi connectivity index (χ3v) is 2.44. The number of aliphatic hydroxyl groups excluding tert-OH is 1. The van der Waals surface area contributed by atoms with Gasteiger partial charge in [0.1, 0.15) is 0 Å². The molecule has 0 aliphatic heterocycles. The molecular formula is C11H15NO3. The van der Waals surface area contributed by atoms with Crippen molar-refractivity contribution in [3.8, 4) is 0 Å². The number of esters is 1. The first-order valence-electron chi connectivity index (χ1n) is 4.74. The molecule has 0 bridgehead atoms. The topological polar surface area (TPSA) is 59.4 Å². The van der Waals surface area contributed by atoms with E-state index in [1.54, 1.807) is 25.4 Å². The van der Waals surface area contributed by atoms with E-state index in [-0.39, 0.29) is 0 Å². The van der Waals surface area contributed by atoms with Crippen molar-refractivity contribution in [1.82, 2.24) is 4.98 Å². The number of nitrogens with zero attached hydrogens (tertiary/aromatic N) is 1. The van der Waals surface area contributed by atoms with Crippen molar-refractivity contribution in [1.29, 1.82) is 0 Å². The van der Waals surface area contributed by atoms with Crippen LogP contribution in [0, 0.1) is 12.8 Å². The summed E-state index contributed by atoms with van der Waals surface area (Å²) in [5.41, 5.74) is 1.57. The maximum atomic E-state index is 11.2. The predicted molar refractivity (Wildman–Crippen MR) is 55.1 cm³/mol. The fourth-order valence-electron chi connectivity index (χ4n) is 1.37. The van der Waals surface area contributed by atoms with E-state index in [2.05, 4.69) is 9.72 Å². The van der Waals surface area contributed by atoms with Crippen LogP contribution in [0.4, 0.5) is 0 Å². The molecule has 0 fully saturated rings. The van der Waals surface area contributed by atoms with Gasteiger partial charge in [0.25, 0.3) is 0 Å². The molecular weight excluding hydrogens is 194 g/mol. The number of hydrogen-bond donors (Lipinski definition) is 1. The molecule has 0 aliphatic carbocycles. The quantitative estimate of drug-likeness (QED) is 0.761. The second-order valence-electron chi connectivity index (χ2n) is 3.49. The highest BCUT2D eigenvalue weighted by atomic mass is 16.5. The normalized spacial score (nSPS) is 14.4. The van der Waals surface area contributed by atoms with Crippen LogP contribution in [0.1, 0.15) is 24.2 Å². The van der Waals surface area contributed by atoms with Gasteiger partial charge in [0.05, 0.1) is 19.1 Å². The highest BCUT2D eigenvalue weighted by Gasteiger charge is 2.25. The molecule has 2 unspecified atom stereocenters. The molecule has 2 atom stereocenters. The molecule has 82 valence electrons. The molecule has 1 N–H and O–H groups in total. The smallest absolute Gasteiger partial charge is 0.311 e. The van der Waals surface area contributed by atoms with E-state index < -0.39 is 18.0 Å². The number of aryl methyl sites for hydroxylation is 1. The van der Waals surface area contributed by atoms with Gasteiger partial charge in [-0.25, -0.2) is 0 Å². The van der Waals surface area contributed by atoms with Crippen molar-refractivity contribution in [3.05, 3.63) is 29.6 Å². The summed E-state index contributed by atoms with van der Waals surface area (Å²) in [7, 11) is 1.31. The zero-order valence-electron chi connectivity index (χ0n) is 9.10. The Morgan fingerprint density at radius 3 is 2.80 bits per heavy atom. The Bertz CT molecular complexity index is 351. The lowest BCUT2D eigenvalue weighted by atomic mass is 9.96. The summed E-state index contributed by atoms with van der Waals surface area (Å²) in [5, 5.41) is 9.93. The van der Waals surface area contributed by atoms with Crippen LogP contribution in [0.3, 0.4) is 0 Å². The number of aliphatic hydroxyl groups is 1. The van der Waals surface area contributed by atoms with Crippen molar-refractivity contribution in [2.75, 3.05) is 7.11 Å². The first-order valence-corrected chi connectivity index (χ1v) is 4.74. The van der Waals surface area contributed by atoms with Gasteiger partial charge in [0, 0.05) is 18.0 Å². The third kappa shape index (κ3) is 2.53. The second kappa shape index (κ2) is 4.89. The van der Waals surface area contributed by atoms with Crippen LogP contribution in [0.5, 0.6) is 0 Å². The highest BCUT2D eigenvalue weighted by Crippen LogP contribution is 2.24. The lowest BCUT2D eigenvalue weighted by molar-refractivity contribution is -0.148. The van der Waals surface area contributed by atoms with E-state index >= 15 is 0 Å². The van der Waals surface area contributed by atoms with Crippen molar-refractivity contribution in [2.45, 2.75) is 20.0 Å². The molecule has 4 heteroatoms. The Morgan fingerprint density at radius 2 is 2.27 bits per heavy atom. The van der Waals surface area contributed by atoms with E-state index in [1.807, 2.05) is 6.92 Å². The van der Waals surface area contributed by atoms with Gasteiger partial charge in [-0.2, -0.15) is 0 Å². The Balaban J connectivity index is 2.89. The number of ether oxygens (including phenoxy) is 1. The van der Waals surface area contributed by atoms with E-state index in [0.29, 0.717) is 5.56 Å². The number of rotatable bonds is 3. The largest absolute Gasteiger partial charge is 0.469 e. The molecule has 0 aromatic carbocycles. The number of carbonyl (C=O) groups is 1. The van der Waals surface area contributed by atoms with Gasteiger partial charge >= 0.3 is 5.97 Å². The fourth-order valence-corrected chi connectivity index (χ4v) is 1.37. The van der Waals surface area contributed by atoms with E-state index in [9.17, 15) is 9.90 Å². The lowest BCUT2D eigenvalue weighted by Gasteiger charge is -2.18. The molecule has 15 heavy (non-hydrogen) atoms. The van der Waals surface area contributed by atoms with E-state index in [0.717, 1.165) is 5.56 Å². The Kier molecular flexibility index (Phi) is 3.80. The van der Waals surface area contributed by atoms with Crippen molar-refractivity contribution in [3.63, 3.8) is 0 Å². The zero-order chi connectivity index (χ0) is 11.4. The number of carbonyl (C=O) groups excluding carboxylic acids is 1. The second-order valence-corrected chi connectivity index (χ2v) is 3.49. The Labute approximate surface area is 88.9 Å². The highest BCUT2D eigenvalue weighted by molar-refractivity contribution is 5.72. The van der Waals surface area contributed by atoms with Crippen LogP contribution in [-0.4, -0.2) is 23.2 Å². The van der Waals surface area contributed by atoms with E-state index in [4.69, 9.17) is 0 Å². The summed E-state index contributed by atoms with van der Waals surface area (Å²) in [6, 6.07) is 1.79. The number of pyridine rings is 1. The van der Waals surface area contributed by atoms with Gasteiger partial charge in [-0.3, -0.25) is 9.78 Å². The van der Waals surface area contributed by atoms with Gasteiger partial charge in [-0.15, -0.1) is 0 Å². The summed E-state index contributed by atoms with van der Waals surface area (Å²) in [5.74, 6) is -1.01. The standard InChI is InChI=1S/C11H15NO3/c1-7-4-5-12-6-9(7)10(13)8(2)11(14)15-3/h4-6,8,10,13H,1-3H3.